The van der Waals surface area contributed by atoms with Gasteiger partial charge in [-0.15, -0.1) is 0 Å². The van der Waals surface area contributed by atoms with Gasteiger partial charge in [0.05, 0.1) is 0 Å². The van der Waals surface area contributed by atoms with Crippen molar-refractivity contribution >= 4 is 11.8 Å². The molecule has 0 atom stereocenters. The molecule has 3 N–H and O–H groups in total. The summed E-state index contributed by atoms with van der Waals surface area (Å²) in [7, 11) is 0. The Balaban J connectivity index is 2.09. The monoisotopic (exact) mass is 269 g/mol. The van der Waals surface area contributed by atoms with Crippen molar-refractivity contribution in [2.24, 2.45) is 11.7 Å². The van der Waals surface area contributed by atoms with Gasteiger partial charge >= 0.3 is 0 Å². The third kappa shape index (κ3) is 6.05. The van der Waals surface area contributed by atoms with E-state index < -0.39 is 0 Å². The third-order valence-electron chi connectivity index (χ3n) is 3.74. The molecule has 19 heavy (non-hydrogen) atoms. The number of amides is 2. The lowest BCUT2D eigenvalue weighted by molar-refractivity contribution is -0.133. The van der Waals surface area contributed by atoms with Gasteiger partial charge in [0.25, 0.3) is 0 Å². The van der Waals surface area contributed by atoms with Crippen LogP contribution in [-0.4, -0.2) is 42.9 Å². The first-order chi connectivity index (χ1) is 9.15. The summed E-state index contributed by atoms with van der Waals surface area (Å²) in [5, 5.41) is 3.00. The van der Waals surface area contributed by atoms with E-state index in [1.807, 2.05) is 4.90 Å². The van der Waals surface area contributed by atoms with E-state index in [-0.39, 0.29) is 17.7 Å². The number of hydrogen-bond donors (Lipinski definition) is 2. The average Bonchev–Trinajstić information content (AvgIpc) is 2.42. The van der Waals surface area contributed by atoms with Crippen LogP contribution in [0.1, 0.15) is 45.4 Å². The van der Waals surface area contributed by atoms with E-state index in [1.165, 1.54) is 0 Å². The first-order valence-corrected chi connectivity index (χ1v) is 7.38. The van der Waals surface area contributed by atoms with Crippen molar-refractivity contribution in [2.75, 3.05) is 26.2 Å². The smallest absolute Gasteiger partial charge is 0.223 e. The predicted molar refractivity (Wildman–Crippen MR) is 75.5 cm³/mol. The topological polar surface area (TPSA) is 75.4 Å². The summed E-state index contributed by atoms with van der Waals surface area (Å²) in [6.07, 6.45) is 5.94. The molecule has 1 aliphatic heterocycles. The molecule has 0 radical (unpaired) electrons. The van der Waals surface area contributed by atoms with Crippen LogP contribution in [0.25, 0.3) is 0 Å². The zero-order chi connectivity index (χ0) is 14.1. The molecular formula is C14H27N3O2. The lowest BCUT2D eigenvalue weighted by Gasteiger charge is -2.30. The van der Waals surface area contributed by atoms with Gasteiger partial charge in [-0.05, 0) is 32.2 Å². The van der Waals surface area contributed by atoms with Crippen LogP contribution in [0.2, 0.25) is 0 Å². The van der Waals surface area contributed by atoms with E-state index in [9.17, 15) is 9.59 Å². The lowest BCUT2D eigenvalue weighted by Crippen LogP contribution is -2.42. The van der Waals surface area contributed by atoms with Gasteiger partial charge in [-0.1, -0.05) is 12.8 Å². The second-order valence-corrected chi connectivity index (χ2v) is 5.27. The minimum absolute atomic E-state index is 0.0830. The molecule has 0 aromatic heterocycles. The molecule has 1 heterocycles. The van der Waals surface area contributed by atoms with Crippen LogP contribution in [0.15, 0.2) is 0 Å². The molecule has 0 bridgehead atoms. The van der Waals surface area contributed by atoms with E-state index in [0.29, 0.717) is 13.1 Å². The minimum atomic E-state index is 0.0830. The van der Waals surface area contributed by atoms with Gasteiger partial charge in [-0.3, -0.25) is 9.59 Å². The molecule has 1 fully saturated rings. The Hall–Kier alpha value is -1.10. The van der Waals surface area contributed by atoms with Crippen LogP contribution in [0, 0.1) is 5.92 Å². The minimum Gasteiger partial charge on any atom is -0.356 e. The second-order valence-electron chi connectivity index (χ2n) is 5.27. The fourth-order valence-electron chi connectivity index (χ4n) is 2.44. The maximum Gasteiger partial charge on any atom is 0.223 e. The number of unbranched alkanes of at least 4 members (excludes halogenated alkanes) is 3. The van der Waals surface area contributed by atoms with E-state index in [2.05, 4.69) is 5.32 Å². The molecule has 0 aromatic carbocycles. The highest BCUT2D eigenvalue weighted by molar-refractivity contribution is 5.79. The van der Waals surface area contributed by atoms with E-state index >= 15 is 0 Å². The fraction of sp³-hybridized carbons (Fsp3) is 0.857. The largest absolute Gasteiger partial charge is 0.356 e. The van der Waals surface area contributed by atoms with Gasteiger partial charge in [-0.2, -0.15) is 0 Å². The predicted octanol–water partition coefficient (Wildman–Crippen LogP) is 0.880. The number of rotatable bonds is 7. The van der Waals surface area contributed by atoms with Crippen LogP contribution in [0.3, 0.4) is 0 Å². The average molecular weight is 269 g/mol. The van der Waals surface area contributed by atoms with Gasteiger partial charge in [0.2, 0.25) is 11.8 Å². The number of nitrogens with one attached hydrogen (secondary N) is 1. The number of likely N-dealkylation sites (tertiary alicyclic amines) is 1. The van der Waals surface area contributed by atoms with Crippen molar-refractivity contribution in [1.82, 2.24) is 10.2 Å². The van der Waals surface area contributed by atoms with E-state index in [4.69, 9.17) is 5.73 Å². The zero-order valence-corrected chi connectivity index (χ0v) is 12.0. The molecule has 0 unspecified atom stereocenters. The van der Waals surface area contributed by atoms with Gasteiger partial charge in [-0.25, -0.2) is 0 Å². The highest BCUT2D eigenvalue weighted by atomic mass is 16.2. The van der Waals surface area contributed by atoms with Crippen LogP contribution in [0.4, 0.5) is 0 Å². The highest BCUT2D eigenvalue weighted by Gasteiger charge is 2.25. The molecule has 1 rings (SSSR count). The van der Waals surface area contributed by atoms with Gasteiger partial charge in [0.15, 0.2) is 0 Å². The van der Waals surface area contributed by atoms with Crippen LogP contribution >= 0.6 is 0 Å². The number of nitrogens with two attached hydrogens (primary N) is 1. The van der Waals surface area contributed by atoms with Crippen molar-refractivity contribution in [3.05, 3.63) is 0 Å². The number of carbonyl (C=O) groups excluding carboxylic acids is 2. The Morgan fingerprint density at radius 2 is 1.79 bits per heavy atom. The van der Waals surface area contributed by atoms with Crippen molar-refractivity contribution in [3.8, 4) is 0 Å². The molecule has 0 aromatic rings. The zero-order valence-electron chi connectivity index (χ0n) is 12.0. The summed E-state index contributed by atoms with van der Waals surface area (Å²) in [4.78, 5) is 24.9. The van der Waals surface area contributed by atoms with E-state index in [0.717, 1.165) is 51.6 Å². The van der Waals surface area contributed by atoms with Crippen molar-refractivity contribution < 1.29 is 9.59 Å². The molecule has 2 amide bonds. The molecule has 0 aliphatic carbocycles. The highest BCUT2D eigenvalue weighted by Crippen LogP contribution is 2.17. The van der Waals surface area contributed by atoms with Crippen molar-refractivity contribution in [3.63, 3.8) is 0 Å². The lowest BCUT2D eigenvalue weighted by atomic mass is 9.96. The summed E-state index contributed by atoms with van der Waals surface area (Å²) in [6, 6.07) is 0. The maximum atomic E-state index is 11.9. The molecule has 1 aliphatic rings. The summed E-state index contributed by atoms with van der Waals surface area (Å²) in [5.74, 6) is 0.348. The van der Waals surface area contributed by atoms with Crippen molar-refractivity contribution in [2.45, 2.75) is 45.4 Å². The summed E-state index contributed by atoms with van der Waals surface area (Å²) >= 11 is 0. The first-order valence-electron chi connectivity index (χ1n) is 7.38. The van der Waals surface area contributed by atoms with Crippen LogP contribution in [0.5, 0.6) is 0 Å². The Bertz CT molecular complexity index is 286. The molecular weight excluding hydrogens is 242 g/mol. The summed E-state index contributed by atoms with van der Waals surface area (Å²) in [6.45, 7) is 4.52. The van der Waals surface area contributed by atoms with E-state index in [1.54, 1.807) is 6.92 Å². The fourth-order valence-corrected chi connectivity index (χ4v) is 2.44. The quantitative estimate of drug-likeness (QED) is 0.674. The Morgan fingerprint density at radius 3 is 2.37 bits per heavy atom. The first kappa shape index (κ1) is 16.0. The summed E-state index contributed by atoms with van der Waals surface area (Å²) < 4.78 is 0. The molecule has 110 valence electrons. The Kier molecular flexibility index (Phi) is 7.48. The second kappa shape index (κ2) is 8.91. The Labute approximate surface area is 115 Å². The molecule has 0 saturated carbocycles. The number of nitrogens with zero attached hydrogens (tertiary/aromatic N) is 1. The molecule has 5 nitrogen and oxygen atoms in total. The maximum absolute atomic E-state index is 11.9. The summed E-state index contributed by atoms with van der Waals surface area (Å²) in [5.41, 5.74) is 5.42. The third-order valence-corrected chi connectivity index (χ3v) is 3.74. The van der Waals surface area contributed by atoms with Gasteiger partial charge in [0, 0.05) is 32.5 Å². The SMILES string of the molecule is CC(=O)N1CCC(C(=O)NCCCCCCN)CC1. The normalized spacial score (nSPS) is 16.4. The number of piperidine rings is 1. The van der Waals surface area contributed by atoms with Gasteiger partial charge in [0.1, 0.15) is 0 Å². The van der Waals surface area contributed by atoms with Crippen molar-refractivity contribution in [1.29, 1.82) is 0 Å². The van der Waals surface area contributed by atoms with Gasteiger partial charge < -0.3 is 16.0 Å². The van der Waals surface area contributed by atoms with Crippen LogP contribution < -0.4 is 11.1 Å². The number of hydrogen-bond acceptors (Lipinski definition) is 3. The standard InChI is InChI=1S/C14H27N3O2/c1-12(18)17-10-6-13(7-11-17)14(19)16-9-5-3-2-4-8-15/h13H,2-11,15H2,1H3,(H,16,19). The molecule has 5 heteroatoms. The Morgan fingerprint density at radius 1 is 1.16 bits per heavy atom. The van der Waals surface area contributed by atoms with Crippen LogP contribution in [-0.2, 0) is 9.59 Å². The molecule has 1 saturated heterocycles. The number of carbonyl (C=O) groups is 2. The molecule has 0 spiro atoms.